The molecule has 0 bridgehead atoms. The monoisotopic (exact) mass is 315 g/mol. The van der Waals surface area contributed by atoms with Crippen molar-refractivity contribution < 1.29 is 14.2 Å². The number of hydrogen-bond donors (Lipinski definition) is 1. The summed E-state index contributed by atoms with van der Waals surface area (Å²) < 4.78 is 16.4. The zero-order valence-corrected chi connectivity index (χ0v) is 13.6. The molecule has 2 atom stereocenters. The molecule has 0 spiro atoms. The van der Waals surface area contributed by atoms with Crippen LogP contribution in [-0.4, -0.2) is 39.6 Å². The van der Waals surface area contributed by atoms with Gasteiger partial charge in [-0.15, -0.1) is 0 Å². The number of rotatable bonds is 11. The molecule has 2 N–H and O–H groups in total. The summed E-state index contributed by atoms with van der Waals surface area (Å²) in [5, 5.41) is 0.687. The number of hydrogen-bond acceptors (Lipinski definition) is 4. The lowest BCUT2D eigenvalue weighted by molar-refractivity contribution is -0.0104. The third-order valence-corrected chi connectivity index (χ3v) is 3.58. The van der Waals surface area contributed by atoms with Crippen molar-refractivity contribution in [2.45, 2.75) is 31.9 Å². The van der Waals surface area contributed by atoms with Gasteiger partial charge in [0.1, 0.15) is 0 Å². The molecule has 2 unspecified atom stereocenters. The van der Waals surface area contributed by atoms with E-state index in [4.69, 9.17) is 31.5 Å². The van der Waals surface area contributed by atoms with Gasteiger partial charge in [0.2, 0.25) is 0 Å². The van der Waals surface area contributed by atoms with E-state index in [0.29, 0.717) is 31.5 Å². The van der Waals surface area contributed by atoms with Gasteiger partial charge in [-0.2, -0.15) is 0 Å². The van der Waals surface area contributed by atoms with Crippen molar-refractivity contribution in [2.24, 2.45) is 5.73 Å². The predicted octanol–water partition coefficient (Wildman–Crippen LogP) is 3.19. The summed E-state index contributed by atoms with van der Waals surface area (Å²) >= 11 is 6.24. The fraction of sp³-hybridized carbons (Fsp3) is 0.625. The Morgan fingerprint density at radius 1 is 1.14 bits per heavy atom. The predicted molar refractivity (Wildman–Crippen MR) is 85.7 cm³/mol. The molecule has 1 aromatic rings. The highest BCUT2D eigenvalue weighted by atomic mass is 35.5. The van der Waals surface area contributed by atoms with Gasteiger partial charge in [0.15, 0.2) is 0 Å². The van der Waals surface area contributed by atoms with Crippen LogP contribution in [0.1, 0.15) is 31.4 Å². The van der Waals surface area contributed by atoms with Crippen molar-refractivity contribution in [1.82, 2.24) is 0 Å². The molecule has 4 nitrogen and oxygen atoms in total. The van der Waals surface area contributed by atoms with Gasteiger partial charge in [-0.1, -0.05) is 36.7 Å². The Hall–Kier alpha value is -0.650. The van der Waals surface area contributed by atoms with Gasteiger partial charge in [-0.25, -0.2) is 0 Å². The van der Waals surface area contributed by atoms with E-state index in [0.717, 1.165) is 18.4 Å². The molecular formula is C16H26ClNO3. The third kappa shape index (κ3) is 6.76. The Morgan fingerprint density at radius 2 is 1.90 bits per heavy atom. The minimum absolute atomic E-state index is 0.0848. The van der Waals surface area contributed by atoms with E-state index in [1.54, 1.807) is 7.11 Å². The fourth-order valence-electron chi connectivity index (χ4n) is 2.01. The van der Waals surface area contributed by atoms with Gasteiger partial charge in [-0.3, -0.25) is 0 Å². The molecule has 0 aromatic heterocycles. The zero-order chi connectivity index (χ0) is 15.5. The molecule has 0 aliphatic heterocycles. The van der Waals surface area contributed by atoms with E-state index in [2.05, 4.69) is 0 Å². The maximum Gasteiger partial charge on any atom is 0.0991 e. The molecule has 1 rings (SSSR count). The summed E-state index contributed by atoms with van der Waals surface area (Å²) in [4.78, 5) is 0. The van der Waals surface area contributed by atoms with Crippen molar-refractivity contribution in [3.8, 4) is 0 Å². The molecule has 0 aliphatic carbocycles. The molecule has 0 saturated carbocycles. The molecular weight excluding hydrogens is 290 g/mol. The van der Waals surface area contributed by atoms with Crippen LogP contribution < -0.4 is 5.73 Å². The molecule has 120 valence electrons. The summed E-state index contributed by atoms with van der Waals surface area (Å²) in [5.41, 5.74) is 7.10. The molecule has 5 heteroatoms. The van der Waals surface area contributed by atoms with Gasteiger partial charge < -0.3 is 19.9 Å². The van der Waals surface area contributed by atoms with E-state index in [-0.39, 0.29) is 12.1 Å². The average Bonchev–Trinajstić information content (AvgIpc) is 2.50. The van der Waals surface area contributed by atoms with Crippen LogP contribution in [0.25, 0.3) is 0 Å². The SMILES string of the molecule is CCC(N)C(OCCOCCCOC)c1ccccc1Cl. The van der Waals surface area contributed by atoms with Crippen LogP contribution in [0.3, 0.4) is 0 Å². The number of ether oxygens (including phenoxy) is 3. The van der Waals surface area contributed by atoms with Crippen LogP contribution in [0.15, 0.2) is 24.3 Å². The lowest BCUT2D eigenvalue weighted by atomic mass is 10.0. The summed E-state index contributed by atoms with van der Waals surface area (Å²) in [6.45, 7) is 4.47. The van der Waals surface area contributed by atoms with Gasteiger partial charge in [0.05, 0.1) is 19.3 Å². The minimum atomic E-state index is -0.203. The first-order valence-electron chi connectivity index (χ1n) is 7.39. The Morgan fingerprint density at radius 3 is 2.57 bits per heavy atom. The Labute approximate surface area is 132 Å². The van der Waals surface area contributed by atoms with E-state index in [9.17, 15) is 0 Å². The molecule has 0 saturated heterocycles. The van der Waals surface area contributed by atoms with Crippen molar-refractivity contribution in [3.63, 3.8) is 0 Å². The van der Waals surface area contributed by atoms with Crippen molar-refractivity contribution >= 4 is 11.6 Å². The molecule has 0 heterocycles. The lowest BCUT2D eigenvalue weighted by Gasteiger charge is -2.24. The van der Waals surface area contributed by atoms with E-state index < -0.39 is 0 Å². The largest absolute Gasteiger partial charge is 0.385 e. The second-order valence-electron chi connectivity index (χ2n) is 4.84. The molecule has 21 heavy (non-hydrogen) atoms. The van der Waals surface area contributed by atoms with Crippen LogP contribution in [-0.2, 0) is 14.2 Å². The van der Waals surface area contributed by atoms with Crippen molar-refractivity contribution in [3.05, 3.63) is 34.9 Å². The number of nitrogens with two attached hydrogens (primary N) is 1. The van der Waals surface area contributed by atoms with Gasteiger partial charge in [0.25, 0.3) is 0 Å². The molecule has 0 fully saturated rings. The molecule has 0 amide bonds. The van der Waals surface area contributed by atoms with Crippen LogP contribution in [0.5, 0.6) is 0 Å². The quantitative estimate of drug-likeness (QED) is 0.637. The highest BCUT2D eigenvalue weighted by Crippen LogP contribution is 2.28. The maximum absolute atomic E-state index is 6.24. The van der Waals surface area contributed by atoms with E-state index >= 15 is 0 Å². The standard InChI is InChI=1S/C16H26ClNO3/c1-3-15(18)16(13-7-4-5-8-14(13)17)21-12-11-20-10-6-9-19-2/h4-5,7-8,15-16H,3,6,9-12,18H2,1-2H3. The maximum atomic E-state index is 6.24. The average molecular weight is 316 g/mol. The van der Waals surface area contributed by atoms with Crippen LogP contribution in [0, 0.1) is 0 Å². The molecule has 1 aromatic carbocycles. The van der Waals surface area contributed by atoms with Crippen LogP contribution in [0.2, 0.25) is 5.02 Å². The Balaban J connectivity index is 2.43. The summed E-state index contributed by atoms with van der Waals surface area (Å²) in [5.74, 6) is 0. The second-order valence-corrected chi connectivity index (χ2v) is 5.25. The number of benzene rings is 1. The van der Waals surface area contributed by atoms with Crippen LogP contribution >= 0.6 is 11.6 Å². The fourth-order valence-corrected chi connectivity index (χ4v) is 2.25. The molecule has 0 radical (unpaired) electrons. The number of methoxy groups -OCH3 is 1. The van der Waals surface area contributed by atoms with E-state index in [1.165, 1.54) is 0 Å². The minimum Gasteiger partial charge on any atom is -0.385 e. The topological polar surface area (TPSA) is 53.7 Å². The lowest BCUT2D eigenvalue weighted by Crippen LogP contribution is -2.30. The first-order chi connectivity index (χ1) is 10.2. The smallest absolute Gasteiger partial charge is 0.0991 e. The highest BCUT2D eigenvalue weighted by Gasteiger charge is 2.21. The van der Waals surface area contributed by atoms with Gasteiger partial charge in [0, 0.05) is 37.0 Å². The van der Waals surface area contributed by atoms with E-state index in [1.807, 2.05) is 31.2 Å². The Bertz CT molecular complexity index is 390. The molecule has 0 aliphatic rings. The van der Waals surface area contributed by atoms with Crippen molar-refractivity contribution in [1.29, 1.82) is 0 Å². The second kappa shape index (κ2) is 11.0. The number of halogens is 1. The van der Waals surface area contributed by atoms with Gasteiger partial charge >= 0.3 is 0 Å². The van der Waals surface area contributed by atoms with Gasteiger partial charge in [-0.05, 0) is 18.9 Å². The first kappa shape index (κ1) is 18.4. The zero-order valence-electron chi connectivity index (χ0n) is 12.9. The highest BCUT2D eigenvalue weighted by molar-refractivity contribution is 6.31. The van der Waals surface area contributed by atoms with Crippen LogP contribution in [0.4, 0.5) is 0 Å². The summed E-state index contributed by atoms with van der Waals surface area (Å²) in [6.07, 6.45) is 1.51. The Kier molecular flexibility index (Phi) is 9.63. The normalized spacial score (nSPS) is 14.1. The summed E-state index contributed by atoms with van der Waals surface area (Å²) in [6, 6.07) is 7.58. The summed E-state index contributed by atoms with van der Waals surface area (Å²) in [7, 11) is 1.68. The third-order valence-electron chi connectivity index (χ3n) is 3.23. The van der Waals surface area contributed by atoms with Crippen molar-refractivity contribution in [2.75, 3.05) is 33.5 Å². The first-order valence-corrected chi connectivity index (χ1v) is 7.76.